The molecule has 1 N–H and O–H groups in total. The van der Waals surface area contributed by atoms with Gasteiger partial charge in [0, 0.05) is 11.9 Å². The van der Waals surface area contributed by atoms with Gasteiger partial charge in [-0.2, -0.15) is 0 Å². The summed E-state index contributed by atoms with van der Waals surface area (Å²) in [7, 11) is 0. The first-order valence-electron chi connectivity index (χ1n) is 4.87. The Morgan fingerprint density at radius 1 is 1.39 bits per heavy atom. The minimum atomic E-state index is -0.963. The van der Waals surface area contributed by atoms with Gasteiger partial charge < -0.3 is 5.11 Å². The second-order valence-electron chi connectivity index (χ2n) is 3.17. The average Bonchev–Trinajstić information content (AvgIpc) is 2.85. The second-order valence-corrected chi connectivity index (χ2v) is 6.42. The Balaban J connectivity index is 1.95. The molecule has 0 saturated carbocycles. The number of hydrogen-bond donors (Lipinski definition) is 1. The summed E-state index contributed by atoms with van der Waals surface area (Å²) in [4.78, 5) is 14.8. The van der Waals surface area contributed by atoms with Crippen molar-refractivity contribution in [2.75, 3.05) is 6.26 Å². The summed E-state index contributed by atoms with van der Waals surface area (Å²) in [6, 6.07) is 3.27. The van der Waals surface area contributed by atoms with E-state index in [9.17, 15) is 4.79 Å². The maximum Gasteiger partial charge on any atom is 0.337 e. The van der Waals surface area contributed by atoms with Crippen LogP contribution in [0.25, 0.3) is 0 Å². The number of hydrogen-bond acceptors (Lipinski definition) is 7. The molecule has 0 saturated heterocycles. The fourth-order valence-electron chi connectivity index (χ4n) is 1.11. The van der Waals surface area contributed by atoms with E-state index in [1.807, 2.05) is 6.26 Å². The van der Waals surface area contributed by atoms with E-state index in [2.05, 4.69) is 15.2 Å². The molecule has 0 spiro atoms. The van der Waals surface area contributed by atoms with Gasteiger partial charge in [0.15, 0.2) is 8.68 Å². The van der Waals surface area contributed by atoms with Gasteiger partial charge in [-0.15, -0.1) is 10.2 Å². The Hall–Kier alpha value is -1.12. The first kappa shape index (κ1) is 13.3. The first-order chi connectivity index (χ1) is 8.69. The lowest BCUT2D eigenvalue weighted by atomic mass is 10.2. The lowest BCUT2D eigenvalue weighted by Crippen LogP contribution is -1.97. The average molecular weight is 299 g/mol. The van der Waals surface area contributed by atoms with Gasteiger partial charge in [0.1, 0.15) is 0 Å². The zero-order valence-electron chi connectivity index (χ0n) is 9.36. The summed E-state index contributed by atoms with van der Waals surface area (Å²) in [5.41, 5.74) is 1.02. The lowest BCUT2D eigenvalue weighted by Gasteiger charge is -1.98. The number of pyridine rings is 1. The number of aromatic nitrogens is 3. The molecule has 0 aromatic carbocycles. The molecule has 5 nitrogen and oxygen atoms in total. The second kappa shape index (κ2) is 6.17. The van der Waals surface area contributed by atoms with E-state index in [1.165, 1.54) is 6.20 Å². The topological polar surface area (TPSA) is 76.0 Å². The predicted molar refractivity (Wildman–Crippen MR) is 72.4 cm³/mol. The summed E-state index contributed by atoms with van der Waals surface area (Å²) in [5.74, 6) is -0.307. The molecule has 94 valence electrons. The van der Waals surface area contributed by atoms with Crippen molar-refractivity contribution in [1.29, 1.82) is 0 Å². The Bertz CT molecular complexity index is 542. The molecular weight excluding hydrogens is 290 g/mol. The van der Waals surface area contributed by atoms with E-state index < -0.39 is 5.97 Å². The normalized spacial score (nSPS) is 10.5. The Labute approximate surface area is 116 Å². The zero-order valence-corrected chi connectivity index (χ0v) is 11.8. The maximum atomic E-state index is 10.7. The number of thioether (sulfide) groups is 2. The van der Waals surface area contributed by atoms with Crippen molar-refractivity contribution in [2.24, 2.45) is 0 Å². The van der Waals surface area contributed by atoms with E-state index in [-0.39, 0.29) is 5.56 Å². The molecule has 0 atom stereocenters. The Morgan fingerprint density at radius 3 is 2.72 bits per heavy atom. The van der Waals surface area contributed by atoms with Crippen LogP contribution >= 0.6 is 34.9 Å². The van der Waals surface area contributed by atoms with Crippen molar-refractivity contribution in [3.05, 3.63) is 29.6 Å². The van der Waals surface area contributed by atoms with Crippen LogP contribution in [-0.2, 0) is 5.75 Å². The van der Waals surface area contributed by atoms with Crippen molar-refractivity contribution in [3.8, 4) is 0 Å². The number of nitrogens with zero attached hydrogens (tertiary/aromatic N) is 3. The minimum absolute atomic E-state index is 0.198. The summed E-state index contributed by atoms with van der Waals surface area (Å²) in [6.45, 7) is 0. The van der Waals surface area contributed by atoms with Crippen molar-refractivity contribution >= 4 is 40.8 Å². The van der Waals surface area contributed by atoms with Gasteiger partial charge >= 0.3 is 5.97 Å². The zero-order chi connectivity index (χ0) is 13.0. The molecule has 0 unspecified atom stereocenters. The van der Waals surface area contributed by atoms with E-state index >= 15 is 0 Å². The summed E-state index contributed by atoms with van der Waals surface area (Å²) in [6.07, 6.45) is 3.33. The standard InChI is InChI=1S/C10H9N3O2S3/c1-16-9-12-13-10(18-9)17-5-7-3-2-6(4-11-7)8(14)15/h2-4H,5H2,1H3,(H,14,15). The number of carbonyl (C=O) groups is 1. The molecule has 2 aromatic heterocycles. The van der Waals surface area contributed by atoms with E-state index in [0.717, 1.165) is 14.4 Å². The lowest BCUT2D eigenvalue weighted by molar-refractivity contribution is 0.0696. The van der Waals surface area contributed by atoms with Crippen LogP contribution in [-0.4, -0.2) is 32.5 Å². The fourth-order valence-corrected chi connectivity index (χ4v) is 3.46. The van der Waals surface area contributed by atoms with E-state index in [0.29, 0.717) is 5.75 Å². The molecule has 0 radical (unpaired) electrons. The molecule has 2 aromatic rings. The fraction of sp³-hybridized carbons (Fsp3) is 0.200. The van der Waals surface area contributed by atoms with Crippen LogP contribution in [0.1, 0.15) is 16.1 Å². The molecule has 0 aliphatic heterocycles. The van der Waals surface area contributed by atoms with Gasteiger partial charge in [-0.1, -0.05) is 34.9 Å². The third-order valence-electron chi connectivity index (χ3n) is 1.98. The number of rotatable bonds is 5. The molecule has 2 rings (SSSR count). The molecule has 0 aliphatic rings. The van der Waals surface area contributed by atoms with E-state index in [1.54, 1.807) is 47.0 Å². The van der Waals surface area contributed by atoms with Gasteiger partial charge in [-0.25, -0.2) is 4.79 Å². The van der Waals surface area contributed by atoms with Crippen LogP contribution < -0.4 is 0 Å². The van der Waals surface area contributed by atoms with Crippen LogP contribution in [0.15, 0.2) is 27.0 Å². The highest BCUT2D eigenvalue weighted by atomic mass is 32.2. The molecule has 0 fully saturated rings. The molecule has 0 bridgehead atoms. The van der Waals surface area contributed by atoms with Crippen LogP contribution in [0.2, 0.25) is 0 Å². The van der Waals surface area contributed by atoms with E-state index in [4.69, 9.17) is 5.11 Å². The monoisotopic (exact) mass is 299 g/mol. The van der Waals surface area contributed by atoms with Crippen molar-refractivity contribution in [2.45, 2.75) is 14.4 Å². The molecule has 2 heterocycles. The van der Waals surface area contributed by atoms with Gasteiger partial charge in [-0.05, 0) is 18.4 Å². The Morgan fingerprint density at radius 2 is 2.17 bits per heavy atom. The van der Waals surface area contributed by atoms with Gasteiger partial charge in [0.25, 0.3) is 0 Å². The summed E-state index contributed by atoms with van der Waals surface area (Å²) < 4.78 is 1.83. The van der Waals surface area contributed by atoms with Crippen LogP contribution in [0, 0.1) is 0 Å². The van der Waals surface area contributed by atoms with Crippen molar-refractivity contribution in [1.82, 2.24) is 15.2 Å². The summed E-state index contributed by atoms with van der Waals surface area (Å²) >= 11 is 4.65. The molecule has 18 heavy (non-hydrogen) atoms. The highest BCUT2D eigenvalue weighted by molar-refractivity contribution is 8.02. The van der Waals surface area contributed by atoms with Gasteiger partial charge in [0.05, 0.1) is 11.3 Å². The predicted octanol–water partition coefficient (Wildman–Crippen LogP) is 2.65. The molecular formula is C10H9N3O2S3. The third-order valence-corrected chi connectivity index (χ3v) is 5.04. The highest BCUT2D eigenvalue weighted by Gasteiger charge is 2.06. The number of carboxylic acids is 1. The summed E-state index contributed by atoms with van der Waals surface area (Å²) in [5, 5.41) is 16.8. The van der Waals surface area contributed by atoms with Crippen molar-refractivity contribution < 1.29 is 9.90 Å². The van der Waals surface area contributed by atoms with Crippen LogP contribution in [0.3, 0.4) is 0 Å². The number of aromatic carboxylic acids is 1. The van der Waals surface area contributed by atoms with Gasteiger partial charge in [0.2, 0.25) is 0 Å². The number of carboxylic acid groups (broad SMARTS) is 1. The maximum absolute atomic E-state index is 10.7. The smallest absolute Gasteiger partial charge is 0.337 e. The Kier molecular flexibility index (Phi) is 4.56. The quantitative estimate of drug-likeness (QED) is 0.850. The van der Waals surface area contributed by atoms with Crippen LogP contribution in [0.5, 0.6) is 0 Å². The van der Waals surface area contributed by atoms with Gasteiger partial charge in [-0.3, -0.25) is 4.98 Å². The molecule has 8 heteroatoms. The molecule has 0 aliphatic carbocycles. The van der Waals surface area contributed by atoms with Crippen LogP contribution in [0.4, 0.5) is 0 Å². The third kappa shape index (κ3) is 3.44. The molecule has 0 amide bonds. The van der Waals surface area contributed by atoms with Crippen molar-refractivity contribution in [3.63, 3.8) is 0 Å². The minimum Gasteiger partial charge on any atom is -0.478 e. The SMILES string of the molecule is CSc1nnc(SCc2ccc(C(=O)O)cn2)s1. The highest BCUT2D eigenvalue weighted by Crippen LogP contribution is 2.29. The largest absolute Gasteiger partial charge is 0.478 e. The first-order valence-corrected chi connectivity index (χ1v) is 7.90.